The molecule has 4 nitrogen and oxygen atoms in total. The number of esters is 1. The molecule has 0 saturated heterocycles. The van der Waals surface area contributed by atoms with E-state index >= 15 is 0 Å². The molecule has 1 aliphatic rings. The first-order chi connectivity index (χ1) is 11.4. The Morgan fingerprint density at radius 2 is 2.00 bits per heavy atom. The van der Waals surface area contributed by atoms with Crippen LogP contribution in [-0.2, 0) is 11.2 Å². The Morgan fingerprint density at radius 3 is 2.71 bits per heavy atom. The van der Waals surface area contributed by atoms with Crippen LogP contribution in [0.5, 0.6) is 5.75 Å². The molecule has 0 amide bonds. The Labute approximate surface area is 136 Å². The molecule has 0 aromatic heterocycles. The van der Waals surface area contributed by atoms with Gasteiger partial charge in [0.05, 0.1) is 12.7 Å². The predicted octanol–water partition coefficient (Wildman–Crippen LogP) is 4.01. The molecule has 1 heterocycles. The molecule has 0 spiro atoms. The number of nitrogens with one attached hydrogen (secondary N) is 1. The number of halogens is 3. The number of methoxy groups -OCH3 is 1. The number of fused-ring (bicyclic) bond motifs is 1. The van der Waals surface area contributed by atoms with E-state index in [1.54, 1.807) is 18.2 Å². The second kappa shape index (κ2) is 6.07. The Hall–Kier alpha value is -2.70. The van der Waals surface area contributed by atoms with Crippen molar-refractivity contribution < 1.29 is 27.4 Å². The lowest BCUT2D eigenvalue weighted by atomic mass is 9.95. The summed E-state index contributed by atoms with van der Waals surface area (Å²) in [7, 11) is 1.28. The molecule has 0 saturated carbocycles. The maximum absolute atomic E-state index is 12.4. The highest BCUT2D eigenvalue weighted by molar-refractivity contribution is 5.94. The number of anilines is 1. The highest BCUT2D eigenvalue weighted by atomic mass is 19.4. The summed E-state index contributed by atoms with van der Waals surface area (Å²) in [6, 6.07) is 9.02. The number of carbonyl (C=O) groups excluding carboxylic acids is 1. The van der Waals surface area contributed by atoms with Crippen molar-refractivity contribution in [3.8, 4) is 16.9 Å². The molecule has 3 rings (SSSR count). The first kappa shape index (κ1) is 16.2. The van der Waals surface area contributed by atoms with Gasteiger partial charge in [-0.25, -0.2) is 4.79 Å². The predicted molar refractivity (Wildman–Crippen MR) is 82.1 cm³/mol. The number of ether oxygens (including phenoxy) is 2. The van der Waals surface area contributed by atoms with E-state index in [9.17, 15) is 18.0 Å². The van der Waals surface area contributed by atoms with Crippen molar-refractivity contribution in [1.82, 2.24) is 0 Å². The summed E-state index contributed by atoms with van der Waals surface area (Å²) >= 11 is 0. The molecule has 2 aromatic rings. The summed E-state index contributed by atoms with van der Waals surface area (Å²) in [6.45, 7) is 0.700. The zero-order chi connectivity index (χ0) is 17.3. The lowest BCUT2D eigenvalue weighted by Gasteiger charge is -2.13. The van der Waals surface area contributed by atoms with E-state index in [0.717, 1.165) is 17.7 Å². The lowest BCUT2D eigenvalue weighted by Crippen LogP contribution is -2.17. The van der Waals surface area contributed by atoms with Crippen LogP contribution in [0.15, 0.2) is 36.4 Å². The third-order valence-electron chi connectivity index (χ3n) is 3.74. The van der Waals surface area contributed by atoms with Gasteiger partial charge in [-0.3, -0.25) is 0 Å². The maximum atomic E-state index is 12.4. The van der Waals surface area contributed by atoms with Gasteiger partial charge in [0.2, 0.25) is 0 Å². The summed E-state index contributed by atoms with van der Waals surface area (Å²) in [5, 5.41) is 3.16. The van der Waals surface area contributed by atoms with Crippen LogP contribution < -0.4 is 10.1 Å². The van der Waals surface area contributed by atoms with Crippen molar-refractivity contribution in [3.05, 3.63) is 47.5 Å². The maximum Gasteiger partial charge on any atom is 0.573 e. The van der Waals surface area contributed by atoms with Crippen molar-refractivity contribution in [2.75, 3.05) is 19.0 Å². The van der Waals surface area contributed by atoms with Gasteiger partial charge in [0, 0.05) is 12.2 Å². The van der Waals surface area contributed by atoms with Crippen molar-refractivity contribution in [2.24, 2.45) is 0 Å². The van der Waals surface area contributed by atoms with Crippen molar-refractivity contribution in [2.45, 2.75) is 12.8 Å². The SMILES string of the molecule is COC(=O)c1cc2c(c(-c3cccc(OC(F)(F)F)c3)c1)CCN2. The average Bonchev–Trinajstić information content (AvgIpc) is 3.00. The molecule has 1 aliphatic heterocycles. The fourth-order valence-electron chi connectivity index (χ4n) is 2.78. The summed E-state index contributed by atoms with van der Waals surface area (Å²) < 4.78 is 46.0. The molecule has 0 aliphatic carbocycles. The monoisotopic (exact) mass is 337 g/mol. The van der Waals surface area contributed by atoms with Crippen molar-refractivity contribution in [1.29, 1.82) is 0 Å². The molecule has 0 atom stereocenters. The van der Waals surface area contributed by atoms with Crippen LogP contribution in [0.1, 0.15) is 15.9 Å². The molecule has 0 unspecified atom stereocenters. The van der Waals surface area contributed by atoms with Gasteiger partial charge >= 0.3 is 12.3 Å². The Bertz CT molecular complexity index is 787. The van der Waals surface area contributed by atoms with Gasteiger partial charge in [0.1, 0.15) is 5.75 Å². The normalized spacial score (nSPS) is 13.2. The molecule has 0 fully saturated rings. The van der Waals surface area contributed by atoms with Crippen LogP contribution >= 0.6 is 0 Å². The zero-order valence-corrected chi connectivity index (χ0v) is 12.7. The standard InChI is InChI=1S/C17H14F3NO3/c1-23-16(22)11-8-14(13-5-6-21-15(13)9-11)10-3-2-4-12(7-10)24-17(18,19)20/h2-4,7-9,21H,5-6H2,1H3. The highest BCUT2D eigenvalue weighted by Crippen LogP contribution is 2.36. The van der Waals surface area contributed by atoms with Gasteiger partial charge in [0.15, 0.2) is 0 Å². The molecular formula is C17H14F3NO3. The first-order valence-electron chi connectivity index (χ1n) is 7.22. The topological polar surface area (TPSA) is 47.6 Å². The van der Waals surface area contributed by atoms with Gasteiger partial charge in [-0.05, 0) is 47.4 Å². The van der Waals surface area contributed by atoms with Gasteiger partial charge < -0.3 is 14.8 Å². The van der Waals surface area contributed by atoms with Gasteiger partial charge in [0.25, 0.3) is 0 Å². The first-order valence-corrected chi connectivity index (χ1v) is 7.22. The molecule has 0 bridgehead atoms. The fraction of sp³-hybridized carbons (Fsp3) is 0.235. The number of hydrogen-bond acceptors (Lipinski definition) is 4. The highest BCUT2D eigenvalue weighted by Gasteiger charge is 2.31. The minimum Gasteiger partial charge on any atom is -0.465 e. The summed E-state index contributed by atoms with van der Waals surface area (Å²) in [6.07, 6.45) is -4.04. The second-order valence-electron chi connectivity index (χ2n) is 5.29. The molecule has 2 aromatic carbocycles. The summed E-state index contributed by atoms with van der Waals surface area (Å²) in [4.78, 5) is 11.8. The molecular weight excluding hydrogens is 323 g/mol. The summed E-state index contributed by atoms with van der Waals surface area (Å²) in [5.41, 5.74) is 3.30. The molecule has 126 valence electrons. The Morgan fingerprint density at radius 1 is 1.21 bits per heavy atom. The minimum atomic E-state index is -4.75. The largest absolute Gasteiger partial charge is 0.573 e. The van der Waals surface area contributed by atoms with Gasteiger partial charge in [-0.2, -0.15) is 0 Å². The van der Waals surface area contributed by atoms with Crippen LogP contribution in [0.4, 0.5) is 18.9 Å². The lowest BCUT2D eigenvalue weighted by molar-refractivity contribution is -0.274. The van der Waals surface area contributed by atoms with Crippen LogP contribution in [0, 0.1) is 0 Å². The second-order valence-corrected chi connectivity index (χ2v) is 5.29. The van der Waals surface area contributed by atoms with Crippen LogP contribution in [0.25, 0.3) is 11.1 Å². The minimum absolute atomic E-state index is 0.303. The average molecular weight is 337 g/mol. The van der Waals surface area contributed by atoms with E-state index in [4.69, 9.17) is 4.74 Å². The van der Waals surface area contributed by atoms with E-state index in [0.29, 0.717) is 23.2 Å². The van der Waals surface area contributed by atoms with Crippen LogP contribution in [0.3, 0.4) is 0 Å². The van der Waals surface area contributed by atoms with Crippen molar-refractivity contribution >= 4 is 11.7 Å². The van der Waals surface area contributed by atoms with Gasteiger partial charge in [-0.1, -0.05) is 12.1 Å². The Kier molecular flexibility index (Phi) is 4.09. The van der Waals surface area contributed by atoms with E-state index in [2.05, 4.69) is 10.1 Å². The third kappa shape index (κ3) is 3.29. The van der Waals surface area contributed by atoms with E-state index < -0.39 is 12.3 Å². The molecule has 7 heteroatoms. The fourth-order valence-corrected chi connectivity index (χ4v) is 2.78. The summed E-state index contributed by atoms with van der Waals surface area (Å²) in [5.74, 6) is -0.807. The van der Waals surface area contributed by atoms with E-state index in [1.165, 1.54) is 25.3 Å². The van der Waals surface area contributed by atoms with Crippen LogP contribution in [0.2, 0.25) is 0 Å². The van der Waals surface area contributed by atoms with E-state index in [-0.39, 0.29) is 5.75 Å². The molecule has 0 radical (unpaired) electrons. The number of carbonyl (C=O) groups is 1. The quantitative estimate of drug-likeness (QED) is 0.860. The van der Waals surface area contributed by atoms with Crippen LogP contribution in [-0.4, -0.2) is 26.0 Å². The molecule has 24 heavy (non-hydrogen) atoms. The zero-order valence-electron chi connectivity index (χ0n) is 12.7. The number of alkyl halides is 3. The number of benzene rings is 2. The van der Waals surface area contributed by atoms with Crippen molar-refractivity contribution in [3.63, 3.8) is 0 Å². The van der Waals surface area contributed by atoms with Gasteiger partial charge in [-0.15, -0.1) is 13.2 Å². The smallest absolute Gasteiger partial charge is 0.465 e. The number of rotatable bonds is 3. The Balaban J connectivity index is 2.07. The van der Waals surface area contributed by atoms with E-state index in [1.807, 2.05) is 0 Å². The molecule has 1 N–H and O–H groups in total. The third-order valence-corrected chi connectivity index (χ3v) is 3.74. The number of hydrogen-bond donors (Lipinski definition) is 1.